The third-order valence-electron chi connectivity index (χ3n) is 4.51. The van der Waals surface area contributed by atoms with Gasteiger partial charge in [0.15, 0.2) is 5.96 Å². The Morgan fingerprint density at radius 2 is 1.86 bits per heavy atom. The summed E-state index contributed by atoms with van der Waals surface area (Å²) in [4.78, 5) is 4.43. The molecule has 0 fully saturated rings. The number of sulfonamides is 1. The largest absolute Gasteiger partial charge is 0.357 e. The van der Waals surface area contributed by atoms with E-state index in [9.17, 15) is 12.8 Å². The lowest BCUT2D eigenvalue weighted by Gasteiger charge is -2.20. The molecule has 1 heterocycles. The minimum atomic E-state index is -3.41. The van der Waals surface area contributed by atoms with Gasteiger partial charge in [-0.1, -0.05) is 30.3 Å². The molecule has 2 aromatic carbocycles. The average molecular weight is 532 g/mol. The molecular formula is C20H26FIN4O2S. The molecule has 0 spiro atoms. The van der Waals surface area contributed by atoms with Crippen molar-refractivity contribution in [3.63, 3.8) is 0 Å². The summed E-state index contributed by atoms with van der Waals surface area (Å²) in [5, 5.41) is 6.16. The summed E-state index contributed by atoms with van der Waals surface area (Å²) in [6.07, 6.45) is 0.741. The summed E-state index contributed by atoms with van der Waals surface area (Å²) in [6, 6.07) is 13.7. The molecule has 0 saturated carbocycles. The molecule has 1 aliphatic rings. The Labute approximate surface area is 188 Å². The van der Waals surface area contributed by atoms with Crippen LogP contribution in [0.2, 0.25) is 0 Å². The lowest BCUT2D eigenvalue weighted by Crippen LogP contribution is -2.42. The first-order valence-electron chi connectivity index (χ1n) is 9.34. The summed E-state index contributed by atoms with van der Waals surface area (Å²) < 4.78 is 39.9. The molecule has 0 saturated heterocycles. The van der Waals surface area contributed by atoms with Gasteiger partial charge in [-0.2, -0.15) is 0 Å². The molecule has 158 valence electrons. The number of fused-ring (bicyclic) bond motifs is 1. The minimum Gasteiger partial charge on any atom is -0.357 e. The quantitative estimate of drug-likeness (QED) is 0.327. The summed E-state index contributed by atoms with van der Waals surface area (Å²) >= 11 is 0. The number of anilines is 1. The Hall–Kier alpha value is -1.88. The molecule has 6 nitrogen and oxygen atoms in total. The standard InChI is InChI=1S/C20H25FN4O2S.HI/c1-2-22-20(24-15-16-7-9-18(21)10-8-16)23-12-14-28(26,27)25-13-11-17-5-3-4-6-19(17)25;/h3-10H,2,11-15H2,1H3,(H2,22,23,24);1H. The second-order valence-corrected chi connectivity index (χ2v) is 8.53. The zero-order valence-corrected chi connectivity index (χ0v) is 19.4. The van der Waals surface area contributed by atoms with Crippen molar-refractivity contribution in [1.82, 2.24) is 10.6 Å². The van der Waals surface area contributed by atoms with Gasteiger partial charge in [0.2, 0.25) is 10.0 Å². The highest BCUT2D eigenvalue weighted by molar-refractivity contribution is 14.0. The van der Waals surface area contributed by atoms with Crippen LogP contribution in [0.15, 0.2) is 53.5 Å². The number of rotatable bonds is 7. The van der Waals surface area contributed by atoms with Crippen LogP contribution in [0.1, 0.15) is 18.1 Å². The highest BCUT2D eigenvalue weighted by Crippen LogP contribution is 2.29. The number of nitrogens with one attached hydrogen (secondary N) is 2. The van der Waals surface area contributed by atoms with E-state index in [1.807, 2.05) is 31.2 Å². The SMILES string of the molecule is CCNC(=NCc1ccc(F)cc1)NCCS(=O)(=O)N1CCc2ccccc21.I. The monoisotopic (exact) mass is 532 g/mol. The Kier molecular flexibility index (Phi) is 8.69. The number of aliphatic imine (C=N–C) groups is 1. The summed E-state index contributed by atoms with van der Waals surface area (Å²) in [5.74, 6) is 0.220. The van der Waals surface area contributed by atoms with Crippen molar-refractivity contribution in [2.75, 3.05) is 29.7 Å². The fraction of sp³-hybridized carbons (Fsp3) is 0.350. The topological polar surface area (TPSA) is 73.8 Å². The van der Waals surface area contributed by atoms with Gasteiger partial charge in [-0.15, -0.1) is 24.0 Å². The molecule has 0 aromatic heterocycles. The Morgan fingerprint density at radius 1 is 1.14 bits per heavy atom. The van der Waals surface area contributed by atoms with Crippen LogP contribution in [0.3, 0.4) is 0 Å². The van der Waals surface area contributed by atoms with Gasteiger partial charge in [0.05, 0.1) is 18.0 Å². The molecule has 0 aliphatic carbocycles. The van der Waals surface area contributed by atoms with Gasteiger partial charge in [0, 0.05) is 19.6 Å². The highest BCUT2D eigenvalue weighted by Gasteiger charge is 2.28. The Balaban J connectivity index is 0.00000300. The van der Waals surface area contributed by atoms with E-state index in [-0.39, 0.29) is 42.1 Å². The first-order valence-corrected chi connectivity index (χ1v) is 11.0. The maximum Gasteiger partial charge on any atom is 0.236 e. The zero-order valence-electron chi connectivity index (χ0n) is 16.3. The van der Waals surface area contributed by atoms with Gasteiger partial charge in [-0.25, -0.2) is 17.8 Å². The first kappa shape index (κ1) is 23.4. The Morgan fingerprint density at radius 3 is 2.59 bits per heavy atom. The van der Waals surface area contributed by atoms with E-state index in [4.69, 9.17) is 0 Å². The van der Waals surface area contributed by atoms with Gasteiger partial charge in [0.25, 0.3) is 0 Å². The number of guanidine groups is 1. The van der Waals surface area contributed by atoms with Gasteiger partial charge in [-0.3, -0.25) is 4.31 Å². The molecule has 9 heteroatoms. The zero-order chi connectivity index (χ0) is 20.0. The van der Waals surface area contributed by atoms with E-state index in [2.05, 4.69) is 15.6 Å². The number of benzene rings is 2. The van der Waals surface area contributed by atoms with Crippen LogP contribution >= 0.6 is 24.0 Å². The minimum absolute atomic E-state index is 0. The fourth-order valence-electron chi connectivity index (χ4n) is 3.11. The summed E-state index contributed by atoms with van der Waals surface area (Å²) in [7, 11) is -3.41. The molecule has 2 aromatic rings. The summed E-state index contributed by atoms with van der Waals surface area (Å²) in [5.41, 5.74) is 2.72. The van der Waals surface area contributed by atoms with Crippen molar-refractivity contribution < 1.29 is 12.8 Å². The summed E-state index contributed by atoms with van der Waals surface area (Å²) in [6.45, 7) is 3.70. The van der Waals surface area contributed by atoms with Gasteiger partial charge in [-0.05, 0) is 42.7 Å². The van der Waals surface area contributed by atoms with E-state index in [1.165, 1.54) is 16.4 Å². The maximum absolute atomic E-state index is 13.0. The fourth-order valence-corrected chi connectivity index (χ4v) is 4.54. The molecule has 1 aliphatic heterocycles. The highest BCUT2D eigenvalue weighted by atomic mass is 127. The van der Waals surface area contributed by atoms with Gasteiger partial charge >= 0.3 is 0 Å². The van der Waals surface area contributed by atoms with Crippen molar-refractivity contribution in [3.8, 4) is 0 Å². The third-order valence-corrected chi connectivity index (χ3v) is 6.28. The number of para-hydroxylation sites is 1. The normalized spacial score (nSPS) is 13.6. The van der Waals surface area contributed by atoms with Crippen LogP contribution in [0.25, 0.3) is 0 Å². The van der Waals surface area contributed by atoms with Crippen molar-refractivity contribution in [3.05, 3.63) is 65.5 Å². The number of hydrogen-bond donors (Lipinski definition) is 2. The van der Waals surface area contributed by atoms with E-state index < -0.39 is 10.0 Å². The Bertz CT molecular complexity index is 936. The van der Waals surface area contributed by atoms with Gasteiger partial charge < -0.3 is 10.6 Å². The predicted molar refractivity (Wildman–Crippen MR) is 126 cm³/mol. The van der Waals surface area contributed by atoms with E-state index >= 15 is 0 Å². The van der Waals surface area contributed by atoms with Crippen LogP contribution in [-0.2, 0) is 23.0 Å². The number of halogens is 2. The second-order valence-electron chi connectivity index (χ2n) is 6.52. The number of nitrogens with zero attached hydrogens (tertiary/aromatic N) is 2. The van der Waals surface area contributed by atoms with Crippen LogP contribution < -0.4 is 14.9 Å². The molecule has 29 heavy (non-hydrogen) atoms. The van der Waals surface area contributed by atoms with Crippen LogP contribution in [0.5, 0.6) is 0 Å². The van der Waals surface area contributed by atoms with Crippen molar-refractivity contribution in [2.24, 2.45) is 4.99 Å². The molecule has 2 N–H and O–H groups in total. The van der Waals surface area contributed by atoms with E-state index in [0.29, 0.717) is 25.6 Å². The van der Waals surface area contributed by atoms with Crippen molar-refractivity contribution in [2.45, 2.75) is 19.9 Å². The average Bonchev–Trinajstić information content (AvgIpc) is 3.12. The molecular weight excluding hydrogens is 506 g/mol. The maximum atomic E-state index is 13.0. The first-order chi connectivity index (χ1) is 13.5. The van der Waals surface area contributed by atoms with Crippen LogP contribution in [-0.4, -0.2) is 39.8 Å². The molecule has 0 radical (unpaired) electrons. The lowest BCUT2D eigenvalue weighted by atomic mass is 10.2. The van der Waals surface area contributed by atoms with Crippen LogP contribution in [0, 0.1) is 5.82 Å². The molecule has 0 amide bonds. The molecule has 3 rings (SSSR count). The molecule has 0 atom stereocenters. The third kappa shape index (κ3) is 6.30. The lowest BCUT2D eigenvalue weighted by molar-refractivity contribution is 0.591. The van der Waals surface area contributed by atoms with Crippen molar-refractivity contribution >= 4 is 45.6 Å². The molecule has 0 unspecified atom stereocenters. The van der Waals surface area contributed by atoms with E-state index in [1.54, 1.807) is 12.1 Å². The predicted octanol–water partition coefficient (Wildman–Crippen LogP) is 2.89. The smallest absolute Gasteiger partial charge is 0.236 e. The van der Waals surface area contributed by atoms with Crippen LogP contribution in [0.4, 0.5) is 10.1 Å². The molecule has 0 bridgehead atoms. The number of hydrogen-bond acceptors (Lipinski definition) is 3. The van der Waals surface area contributed by atoms with E-state index in [0.717, 1.165) is 23.2 Å². The van der Waals surface area contributed by atoms with Gasteiger partial charge in [0.1, 0.15) is 5.82 Å². The van der Waals surface area contributed by atoms with Crippen molar-refractivity contribution in [1.29, 1.82) is 0 Å². The second kappa shape index (κ2) is 10.8.